The molecule has 0 heterocycles. The van der Waals surface area contributed by atoms with Gasteiger partial charge in [0.05, 0.1) is 23.3 Å². The van der Waals surface area contributed by atoms with Crippen molar-refractivity contribution in [1.29, 1.82) is 0 Å². The summed E-state index contributed by atoms with van der Waals surface area (Å²) in [4.78, 5) is 13.8. The summed E-state index contributed by atoms with van der Waals surface area (Å²) in [7, 11) is -2.68. The summed E-state index contributed by atoms with van der Waals surface area (Å²) in [6.07, 6.45) is 0. The van der Waals surface area contributed by atoms with Crippen molar-refractivity contribution >= 4 is 27.4 Å². The van der Waals surface area contributed by atoms with Crippen molar-refractivity contribution in [2.45, 2.75) is 4.90 Å². The molecule has 0 saturated carbocycles. The summed E-state index contributed by atoms with van der Waals surface area (Å²) >= 11 is 0. The Kier molecular flexibility index (Phi) is 4.85. The number of rotatable bonds is 5. The quantitative estimate of drug-likeness (QED) is 0.391. The first-order chi connectivity index (χ1) is 11.0. The Morgan fingerprint density at radius 3 is 2.43 bits per heavy atom. The van der Waals surface area contributed by atoms with Gasteiger partial charge in [-0.25, -0.2) is 13.2 Å². The molecule has 118 valence electrons. The number of hydrogen-bond acceptors (Lipinski definition) is 5. The van der Waals surface area contributed by atoms with Gasteiger partial charge in [-0.15, -0.1) is 0 Å². The molecule has 2 rings (SSSR count). The van der Waals surface area contributed by atoms with Crippen molar-refractivity contribution in [3.63, 3.8) is 0 Å². The number of azide groups is 1. The van der Waals surface area contributed by atoms with Gasteiger partial charge in [-0.1, -0.05) is 23.3 Å². The van der Waals surface area contributed by atoms with Crippen LogP contribution in [-0.2, 0) is 14.8 Å². The molecule has 2 aromatic carbocycles. The van der Waals surface area contributed by atoms with E-state index in [2.05, 4.69) is 19.5 Å². The van der Waals surface area contributed by atoms with Gasteiger partial charge in [-0.3, -0.25) is 4.72 Å². The second-order valence-electron chi connectivity index (χ2n) is 4.33. The summed E-state index contributed by atoms with van der Waals surface area (Å²) in [6, 6.07) is 11.5. The molecule has 0 aliphatic heterocycles. The van der Waals surface area contributed by atoms with Crippen LogP contribution in [0, 0.1) is 0 Å². The number of carbonyl (C=O) groups excluding carboxylic acids is 1. The lowest BCUT2D eigenvalue weighted by Gasteiger charge is -2.10. The first-order valence-corrected chi connectivity index (χ1v) is 7.81. The summed E-state index contributed by atoms with van der Waals surface area (Å²) < 4.78 is 31.7. The number of carbonyl (C=O) groups is 1. The third-order valence-electron chi connectivity index (χ3n) is 2.87. The average Bonchev–Trinajstić information content (AvgIpc) is 2.55. The van der Waals surface area contributed by atoms with Crippen LogP contribution in [0.2, 0.25) is 0 Å². The number of nitrogens with one attached hydrogen (secondary N) is 1. The van der Waals surface area contributed by atoms with Crippen LogP contribution in [0.4, 0.5) is 11.4 Å². The molecule has 0 amide bonds. The molecule has 0 aliphatic rings. The number of sulfonamides is 1. The van der Waals surface area contributed by atoms with Crippen molar-refractivity contribution in [2.75, 3.05) is 11.8 Å². The van der Waals surface area contributed by atoms with Crippen molar-refractivity contribution in [2.24, 2.45) is 5.11 Å². The van der Waals surface area contributed by atoms with Gasteiger partial charge < -0.3 is 4.74 Å². The average molecular weight is 332 g/mol. The molecule has 23 heavy (non-hydrogen) atoms. The lowest BCUT2D eigenvalue weighted by molar-refractivity contribution is 0.0601. The molecule has 8 nitrogen and oxygen atoms in total. The van der Waals surface area contributed by atoms with E-state index in [1.165, 1.54) is 49.6 Å². The van der Waals surface area contributed by atoms with Crippen LogP contribution in [0.3, 0.4) is 0 Å². The zero-order valence-electron chi connectivity index (χ0n) is 12.0. The lowest BCUT2D eigenvalue weighted by atomic mass is 10.2. The fraction of sp³-hybridized carbons (Fsp3) is 0.0714. The van der Waals surface area contributed by atoms with Gasteiger partial charge in [-0.05, 0) is 35.9 Å². The number of nitrogens with zero attached hydrogens (tertiary/aromatic N) is 3. The molecule has 0 radical (unpaired) electrons. The maximum Gasteiger partial charge on any atom is 0.337 e. The number of hydrogen-bond donors (Lipinski definition) is 1. The maximum absolute atomic E-state index is 12.4. The van der Waals surface area contributed by atoms with Crippen LogP contribution in [0.25, 0.3) is 10.4 Å². The molecule has 0 aromatic heterocycles. The molecule has 0 unspecified atom stereocenters. The smallest absolute Gasteiger partial charge is 0.337 e. The zero-order chi connectivity index (χ0) is 16.9. The topological polar surface area (TPSA) is 121 Å². The zero-order valence-corrected chi connectivity index (χ0v) is 12.8. The second-order valence-corrected chi connectivity index (χ2v) is 5.98. The van der Waals surface area contributed by atoms with Gasteiger partial charge in [0, 0.05) is 10.6 Å². The molecule has 2 aromatic rings. The van der Waals surface area contributed by atoms with E-state index >= 15 is 0 Å². The Morgan fingerprint density at radius 2 is 1.83 bits per heavy atom. The van der Waals surface area contributed by atoms with E-state index in [1.807, 2.05) is 0 Å². The van der Waals surface area contributed by atoms with Crippen LogP contribution in [-0.4, -0.2) is 21.5 Å². The molecular weight excluding hydrogens is 320 g/mol. The number of methoxy groups -OCH3 is 1. The van der Waals surface area contributed by atoms with E-state index in [-0.39, 0.29) is 16.3 Å². The molecule has 0 bridgehead atoms. The summed E-state index contributed by atoms with van der Waals surface area (Å²) in [6.45, 7) is 0. The normalized spacial score (nSPS) is 10.5. The molecule has 0 atom stereocenters. The van der Waals surface area contributed by atoms with Crippen molar-refractivity contribution in [1.82, 2.24) is 0 Å². The highest BCUT2D eigenvalue weighted by Crippen LogP contribution is 2.26. The minimum atomic E-state index is -3.94. The van der Waals surface area contributed by atoms with Crippen molar-refractivity contribution in [3.8, 4) is 0 Å². The van der Waals surface area contributed by atoms with Crippen LogP contribution in [0.1, 0.15) is 10.4 Å². The van der Waals surface area contributed by atoms with E-state index in [0.717, 1.165) is 0 Å². The Labute approximate surface area is 132 Å². The Hall–Kier alpha value is -3.03. The molecule has 0 spiro atoms. The van der Waals surface area contributed by atoms with E-state index in [9.17, 15) is 13.2 Å². The molecule has 0 fully saturated rings. The molecule has 1 N–H and O–H groups in total. The Balaban J connectivity index is 2.32. The van der Waals surface area contributed by atoms with Crippen molar-refractivity contribution < 1.29 is 17.9 Å². The fourth-order valence-corrected chi connectivity index (χ4v) is 3.02. The molecular formula is C14H12N4O4S. The monoisotopic (exact) mass is 332 g/mol. The SMILES string of the molecule is COC(=O)c1ccc(NS(=O)(=O)c2ccccc2N=[N+]=[N-])cc1. The highest BCUT2D eigenvalue weighted by molar-refractivity contribution is 7.92. The number of anilines is 1. The van der Waals surface area contributed by atoms with Crippen molar-refractivity contribution in [3.05, 3.63) is 64.5 Å². The van der Waals surface area contributed by atoms with Gasteiger partial charge >= 0.3 is 5.97 Å². The first kappa shape index (κ1) is 16.3. The van der Waals surface area contributed by atoms with Crippen LogP contribution in [0.5, 0.6) is 0 Å². The Bertz CT molecular complexity index is 872. The maximum atomic E-state index is 12.4. The predicted octanol–water partition coefficient (Wildman–Crippen LogP) is 3.22. The summed E-state index contributed by atoms with van der Waals surface area (Å²) in [5.41, 5.74) is 9.05. The summed E-state index contributed by atoms with van der Waals surface area (Å²) in [5, 5.41) is 3.36. The van der Waals surface area contributed by atoms with Crippen LogP contribution >= 0.6 is 0 Å². The Morgan fingerprint density at radius 1 is 1.17 bits per heavy atom. The first-order valence-electron chi connectivity index (χ1n) is 6.33. The minimum absolute atomic E-state index is 0.00585. The van der Waals surface area contributed by atoms with E-state index in [1.54, 1.807) is 6.07 Å². The van der Waals surface area contributed by atoms with E-state index < -0.39 is 16.0 Å². The van der Waals surface area contributed by atoms with Gasteiger partial charge in [0.2, 0.25) is 0 Å². The van der Waals surface area contributed by atoms with Gasteiger partial charge in [0.15, 0.2) is 0 Å². The van der Waals surface area contributed by atoms with E-state index in [0.29, 0.717) is 5.56 Å². The molecule has 9 heteroatoms. The largest absolute Gasteiger partial charge is 0.465 e. The molecule has 0 aliphatic carbocycles. The standard InChI is InChI=1S/C14H12N4O4S/c1-22-14(19)10-6-8-11(9-7-10)17-23(20,21)13-5-3-2-4-12(13)16-18-15/h2-9,17H,1H3. The highest BCUT2D eigenvalue weighted by atomic mass is 32.2. The third-order valence-corrected chi connectivity index (χ3v) is 4.29. The number of esters is 1. The molecule has 0 saturated heterocycles. The van der Waals surface area contributed by atoms with Gasteiger partial charge in [0.1, 0.15) is 0 Å². The highest BCUT2D eigenvalue weighted by Gasteiger charge is 2.18. The second kappa shape index (κ2) is 6.82. The predicted molar refractivity (Wildman–Crippen MR) is 83.8 cm³/mol. The summed E-state index contributed by atoms with van der Waals surface area (Å²) in [5.74, 6) is -0.520. The lowest BCUT2D eigenvalue weighted by Crippen LogP contribution is -2.13. The van der Waals surface area contributed by atoms with E-state index in [4.69, 9.17) is 5.53 Å². The van der Waals surface area contributed by atoms with Gasteiger partial charge in [-0.2, -0.15) is 0 Å². The van der Waals surface area contributed by atoms with Crippen LogP contribution in [0.15, 0.2) is 58.5 Å². The number of ether oxygens (including phenoxy) is 1. The minimum Gasteiger partial charge on any atom is -0.465 e. The van der Waals surface area contributed by atoms with Crippen LogP contribution < -0.4 is 4.72 Å². The fourth-order valence-electron chi connectivity index (χ4n) is 1.82. The third kappa shape index (κ3) is 3.79. The van der Waals surface area contributed by atoms with Gasteiger partial charge in [0.25, 0.3) is 10.0 Å². The number of benzene rings is 2.